The fraction of sp³-hybridized carbons (Fsp3) is 0.753. The normalized spacial score (nSPS) is 14.4. The molecule has 17 nitrogen and oxygen atoms in total. The van der Waals surface area contributed by atoms with Crippen molar-refractivity contribution in [2.45, 2.75) is 354 Å². The fourth-order valence-electron chi connectivity index (χ4n) is 10.6. The quantitative estimate of drug-likeness (QED) is 0.0169. The molecule has 0 saturated heterocycles. The molecule has 3 N–H and O–H groups in total. The van der Waals surface area contributed by atoms with Crippen molar-refractivity contribution in [3.63, 3.8) is 0 Å². The van der Waals surface area contributed by atoms with Crippen molar-refractivity contribution in [1.29, 1.82) is 0 Å². The van der Waals surface area contributed by atoms with Gasteiger partial charge < -0.3 is 33.8 Å². The molecule has 19 heteroatoms. The number of aliphatic hydroxyl groups excluding tert-OH is 1. The molecule has 5 atom stereocenters. The number of carbonyl (C=O) groups is 4. The smallest absolute Gasteiger partial charge is 0.462 e. The van der Waals surface area contributed by atoms with Gasteiger partial charge in [-0.3, -0.25) is 37.3 Å². The van der Waals surface area contributed by atoms with E-state index in [1.807, 2.05) is 0 Å². The molecule has 0 bridgehead atoms. The third kappa shape index (κ3) is 72.3. The Labute approximate surface area is 607 Å². The summed E-state index contributed by atoms with van der Waals surface area (Å²) in [5, 5.41) is 10.6. The minimum absolute atomic E-state index is 0.0794. The maximum atomic E-state index is 13.1. The number of aliphatic hydroxyl groups is 1. The monoisotopic (exact) mass is 1450 g/mol. The number of hydrogen-bond acceptors (Lipinski definition) is 15. The van der Waals surface area contributed by atoms with Crippen molar-refractivity contribution in [2.75, 3.05) is 39.6 Å². The lowest BCUT2D eigenvalue weighted by atomic mass is 10.0. The molecular weight excluding hydrogens is 1310 g/mol. The molecule has 578 valence electrons. The average molecular weight is 1450 g/mol. The first-order valence-corrected chi connectivity index (χ1v) is 42.5. The summed E-state index contributed by atoms with van der Waals surface area (Å²) in [6.07, 6.45) is 76.7. The largest absolute Gasteiger partial charge is 0.472 e. The molecule has 0 rings (SSSR count). The van der Waals surface area contributed by atoms with Crippen LogP contribution in [0, 0.1) is 0 Å². The van der Waals surface area contributed by atoms with Gasteiger partial charge in [0.25, 0.3) is 0 Å². The van der Waals surface area contributed by atoms with Gasteiger partial charge in [-0.25, -0.2) is 9.13 Å². The number of esters is 4. The number of allylic oxidation sites excluding steroid dienone is 16. The number of carbonyl (C=O) groups excluding carboxylic acids is 4. The van der Waals surface area contributed by atoms with Gasteiger partial charge in [0.2, 0.25) is 0 Å². The molecule has 0 amide bonds. The molecule has 0 aliphatic rings. The van der Waals surface area contributed by atoms with E-state index in [0.717, 1.165) is 167 Å². The number of phosphoric ester groups is 2. The lowest BCUT2D eigenvalue weighted by Crippen LogP contribution is -2.30. The van der Waals surface area contributed by atoms with E-state index in [-0.39, 0.29) is 25.7 Å². The second-order valence-corrected chi connectivity index (χ2v) is 29.2. The van der Waals surface area contributed by atoms with E-state index in [0.29, 0.717) is 25.7 Å². The van der Waals surface area contributed by atoms with E-state index in [2.05, 4.69) is 125 Å². The summed E-state index contributed by atoms with van der Waals surface area (Å²) < 4.78 is 68.5. The van der Waals surface area contributed by atoms with E-state index >= 15 is 0 Å². The zero-order valence-corrected chi connectivity index (χ0v) is 64.9. The van der Waals surface area contributed by atoms with Crippen molar-refractivity contribution >= 4 is 39.5 Å². The van der Waals surface area contributed by atoms with E-state index < -0.39 is 97.5 Å². The maximum Gasteiger partial charge on any atom is 0.472 e. The summed E-state index contributed by atoms with van der Waals surface area (Å²) in [7, 11) is -9.96. The molecule has 0 fully saturated rings. The van der Waals surface area contributed by atoms with Crippen molar-refractivity contribution in [1.82, 2.24) is 0 Å². The van der Waals surface area contributed by atoms with Crippen LogP contribution in [0.3, 0.4) is 0 Å². The van der Waals surface area contributed by atoms with E-state index in [9.17, 15) is 43.2 Å². The van der Waals surface area contributed by atoms with Gasteiger partial charge in [0.15, 0.2) is 12.2 Å². The number of rotatable bonds is 74. The number of ether oxygens (including phenoxy) is 4. The van der Waals surface area contributed by atoms with Gasteiger partial charge in [0.1, 0.15) is 19.3 Å². The van der Waals surface area contributed by atoms with Crippen molar-refractivity contribution in [3.05, 3.63) is 97.2 Å². The van der Waals surface area contributed by atoms with Crippen LogP contribution in [0.25, 0.3) is 0 Å². The predicted octanol–water partition coefficient (Wildman–Crippen LogP) is 22.8. The second kappa shape index (κ2) is 73.3. The van der Waals surface area contributed by atoms with Gasteiger partial charge in [-0.1, -0.05) is 285 Å². The molecule has 0 spiro atoms. The molecule has 0 heterocycles. The Hall–Kier alpha value is -4.02. The van der Waals surface area contributed by atoms with Crippen molar-refractivity contribution < 1.29 is 80.2 Å². The molecule has 5 unspecified atom stereocenters. The zero-order chi connectivity index (χ0) is 73.2. The standard InChI is InChI=1S/C81H142O17P2/c1-5-9-13-17-21-25-29-33-36-37-40-43-46-50-54-58-62-66-79(84)92-71-76(97-80(85)67-63-59-55-51-47-41-32-28-24-20-16-12-8-4)73-95-99(87,88)93-69-75(82)70-94-100(89,90)96-74-77(98-81(86)68-64-60-56-52-48-44-39-35-31-27-23-19-15-11-7-3)72-91-78(83)65-61-57-53-49-45-42-38-34-30-26-22-18-14-10-6-2/h9-10,13-14,21-22,25-26,28,32-34,36,38,40,43,75-77,82H,5-8,11-12,15-20,23-24,27,29-31,35,37,39,41-42,44-74H2,1-4H3,(H,87,88)(H,89,90)/b13-9-,14-10-,25-21-,26-22-,32-28-,36-33-,38-34-,43-40-. The Morgan fingerprint density at radius 3 is 0.820 bits per heavy atom. The molecule has 0 aromatic carbocycles. The summed E-state index contributed by atoms with van der Waals surface area (Å²) in [5.41, 5.74) is 0. The summed E-state index contributed by atoms with van der Waals surface area (Å²) in [6, 6.07) is 0. The highest BCUT2D eigenvalue weighted by Gasteiger charge is 2.30. The van der Waals surface area contributed by atoms with Gasteiger partial charge in [-0.05, 0) is 122 Å². The van der Waals surface area contributed by atoms with Gasteiger partial charge in [-0.2, -0.15) is 0 Å². The van der Waals surface area contributed by atoms with E-state index in [1.54, 1.807) is 0 Å². The first kappa shape index (κ1) is 96.0. The Morgan fingerprint density at radius 1 is 0.290 bits per heavy atom. The van der Waals surface area contributed by atoms with Crippen LogP contribution in [-0.2, 0) is 65.4 Å². The minimum atomic E-state index is -4.98. The van der Waals surface area contributed by atoms with Crippen LogP contribution >= 0.6 is 15.6 Å². The highest BCUT2D eigenvalue weighted by Crippen LogP contribution is 2.45. The fourth-order valence-corrected chi connectivity index (χ4v) is 12.2. The van der Waals surface area contributed by atoms with Crippen LogP contribution < -0.4 is 0 Å². The van der Waals surface area contributed by atoms with Crippen LogP contribution in [0.1, 0.15) is 336 Å². The molecule has 0 aromatic heterocycles. The highest BCUT2D eigenvalue weighted by atomic mass is 31.2. The lowest BCUT2D eigenvalue weighted by molar-refractivity contribution is -0.161. The highest BCUT2D eigenvalue weighted by molar-refractivity contribution is 7.47. The molecule has 100 heavy (non-hydrogen) atoms. The molecule has 0 saturated carbocycles. The second-order valence-electron chi connectivity index (χ2n) is 26.2. The van der Waals surface area contributed by atoms with Gasteiger partial charge in [-0.15, -0.1) is 0 Å². The Morgan fingerprint density at radius 2 is 0.520 bits per heavy atom. The summed E-state index contributed by atoms with van der Waals surface area (Å²) >= 11 is 0. The number of hydrogen-bond donors (Lipinski definition) is 3. The lowest BCUT2D eigenvalue weighted by Gasteiger charge is -2.21. The molecule has 0 aliphatic heterocycles. The predicted molar refractivity (Wildman–Crippen MR) is 409 cm³/mol. The SMILES string of the molecule is CC/C=C\C/C=C\C/C=C\C/C=C\CCCCCCC(=O)OCC(COP(=O)(O)OCC(O)COP(=O)(O)OCC(COC(=O)CCCCCCC/C=C\C/C=C\C/C=C\CC)OC(=O)CCCCCCCCCCCCCCCCC)OC(=O)CCCCCCC/C=C\CCCCCC. The first-order chi connectivity index (χ1) is 48.7. The maximum absolute atomic E-state index is 13.1. The number of phosphoric acid groups is 2. The molecule has 0 radical (unpaired) electrons. The summed E-state index contributed by atoms with van der Waals surface area (Å²) in [5.74, 6) is -2.21. The van der Waals surface area contributed by atoms with Gasteiger partial charge >= 0.3 is 39.5 Å². The number of unbranched alkanes of at least 4 members (excludes halogenated alkanes) is 32. The Kier molecular flexibility index (Phi) is 70.4. The van der Waals surface area contributed by atoms with Gasteiger partial charge in [0.05, 0.1) is 26.4 Å². The Bertz CT molecular complexity index is 2270. The first-order valence-electron chi connectivity index (χ1n) is 39.5. The third-order valence-corrected chi connectivity index (χ3v) is 18.4. The minimum Gasteiger partial charge on any atom is -0.462 e. The van der Waals surface area contributed by atoms with Crippen molar-refractivity contribution in [2.24, 2.45) is 0 Å². The Balaban J connectivity index is 5.36. The molecular formula is C81H142O17P2. The van der Waals surface area contributed by atoms with E-state index in [1.165, 1.54) is 89.9 Å². The van der Waals surface area contributed by atoms with E-state index in [4.69, 9.17) is 37.0 Å². The van der Waals surface area contributed by atoms with Crippen molar-refractivity contribution in [3.8, 4) is 0 Å². The molecule has 0 aromatic rings. The van der Waals surface area contributed by atoms with Crippen LogP contribution in [0.15, 0.2) is 97.2 Å². The van der Waals surface area contributed by atoms with Crippen LogP contribution in [0.5, 0.6) is 0 Å². The van der Waals surface area contributed by atoms with Crippen LogP contribution in [-0.4, -0.2) is 96.7 Å². The summed E-state index contributed by atoms with van der Waals surface area (Å²) in [4.78, 5) is 72.9. The topological polar surface area (TPSA) is 237 Å². The third-order valence-electron chi connectivity index (χ3n) is 16.5. The zero-order valence-electron chi connectivity index (χ0n) is 63.1. The molecule has 0 aliphatic carbocycles. The van der Waals surface area contributed by atoms with Crippen LogP contribution in [0.2, 0.25) is 0 Å². The van der Waals surface area contributed by atoms with Gasteiger partial charge in [0, 0.05) is 25.7 Å². The summed E-state index contributed by atoms with van der Waals surface area (Å²) in [6.45, 7) is 4.62. The average Bonchev–Trinajstić information content (AvgIpc) is 0.965. The van der Waals surface area contributed by atoms with Crippen LogP contribution in [0.4, 0.5) is 0 Å².